The maximum Gasteiger partial charge on any atom is 0.288 e. The van der Waals surface area contributed by atoms with E-state index in [9.17, 15) is 15.4 Å². The van der Waals surface area contributed by atoms with Crippen molar-refractivity contribution in [1.82, 2.24) is 10.9 Å². The number of nitro groups is 1. The number of ether oxygens (including phenoxy) is 1. The highest BCUT2D eigenvalue weighted by molar-refractivity contribution is 6.32. The van der Waals surface area contributed by atoms with Gasteiger partial charge in [-0.05, 0) is 17.2 Å². The van der Waals surface area contributed by atoms with Gasteiger partial charge in [-0.2, -0.15) is 5.26 Å². The first-order chi connectivity index (χ1) is 13.5. The monoisotopic (exact) mass is 397 g/mol. The van der Waals surface area contributed by atoms with E-state index in [1.54, 1.807) is 6.07 Å². The van der Waals surface area contributed by atoms with Crippen molar-refractivity contribution in [3.05, 3.63) is 86.3 Å². The Kier molecular flexibility index (Phi) is 4.65. The third-order valence-corrected chi connectivity index (χ3v) is 5.46. The zero-order chi connectivity index (χ0) is 19.8. The highest BCUT2D eigenvalue weighted by Crippen LogP contribution is 2.48. The van der Waals surface area contributed by atoms with Gasteiger partial charge in [-0.15, -0.1) is 0 Å². The van der Waals surface area contributed by atoms with Crippen LogP contribution in [-0.4, -0.2) is 11.2 Å². The van der Waals surface area contributed by atoms with Crippen LogP contribution in [0.1, 0.15) is 23.1 Å². The fraction of sp³-hybridized carbons (Fsp3) is 0.211. The minimum atomic E-state index is -0.540. The van der Waals surface area contributed by atoms with Gasteiger partial charge in [-0.25, -0.2) is 10.9 Å². The lowest BCUT2D eigenvalue weighted by molar-refractivity contribution is -0.384. The van der Waals surface area contributed by atoms with Crippen LogP contribution < -0.4 is 16.6 Å². The second-order valence-electron chi connectivity index (χ2n) is 6.63. The Morgan fingerprint density at radius 1 is 1.18 bits per heavy atom. The van der Waals surface area contributed by atoms with Crippen molar-refractivity contribution >= 4 is 17.3 Å². The van der Waals surface area contributed by atoms with Crippen LogP contribution in [-0.2, 0) is 4.74 Å². The van der Waals surface area contributed by atoms with Gasteiger partial charge in [0, 0.05) is 17.9 Å². The molecule has 142 valence electrons. The second kappa shape index (κ2) is 7.13. The Morgan fingerprint density at radius 3 is 2.61 bits per heavy atom. The minimum absolute atomic E-state index is 0.00867. The topological polar surface area (TPSA) is 126 Å². The van der Waals surface area contributed by atoms with E-state index in [1.807, 2.05) is 30.3 Å². The molecule has 1 saturated heterocycles. The average molecular weight is 398 g/mol. The third-order valence-electron chi connectivity index (χ3n) is 5.14. The number of rotatable bonds is 3. The van der Waals surface area contributed by atoms with Crippen molar-refractivity contribution in [2.45, 2.75) is 18.2 Å². The largest absolute Gasteiger partial charge is 0.458 e. The summed E-state index contributed by atoms with van der Waals surface area (Å²) in [6, 6.07) is 16.2. The molecule has 0 aliphatic carbocycles. The molecule has 4 atom stereocenters. The Balaban J connectivity index is 1.86. The number of nitrogens with zero attached hydrogens (tertiary/aromatic N) is 2. The van der Waals surface area contributed by atoms with Crippen molar-refractivity contribution in [1.29, 1.82) is 5.26 Å². The van der Waals surface area contributed by atoms with Crippen LogP contribution in [0.25, 0.3) is 0 Å². The van der Waals surface area contributed by atoms with Gasteiger partial charge in [0.15, 0.2) is 6.23 Å². The molecule has 0 amide bonds. The summed E-state index contributed by atoms with van der Waals surface area (Å²) >= 11 is 5.97. The molecule has 0 radical (unpaired) electrons. The smallest absolute Gasteiger partial charge is 0.288 e. The fourth-order valence-corrected chi connectivity index (χ4v) is 4.09. The molecule has 9 heteroatoms. The summed E-state index contributed by atoms with van der Waals surface area (Å²) in [6.45, 7) is 0. The number of nitriles is 1. The van der Waals surface area contributed by atoms with Gasteiger partial charge >= 0.3 is 0 Å². The van der Waals surface area contributed by atoms with Gasteiger partial charge in [0.1, 0.15) is 11.1 Å². The summed E-state index contributed by atoms with van der Waals surface area (Å²) in [5.41, 5.74) is 13.9. The van der Waals surface area contributed by atoms with E-state index in [1.165, 1.54) is 12.1 Å². The SMILES string of the molecule is N#CC1=C(N)OC2NNC(c3ccccc3)C2C1c1ccc(Cl)c([N+](=O)[O-])c1. The lowest BCUT2D eigenvalue weighted by atomic mass is 9.74. The summed E-state index contributed by atoms with van der Waals surface area (Å²) in [4.78, 5) is 10.8. The van der Waals surface area contributed by atoms with Crippen LogP contribution in [0.5, 0.6) is 0 Å². The molecule has 8 nitrogen and oxygen atoms in total. The number of halogens is 1. The number of hydrogen-bond acceptors (Lipinski definition) is 7. The first-order valence-corrected chi connectivity index (χ1v) is 8.95. The van der Waals surface area contributed by atoms with Gasteiger partial charge < -0.3 is 10.5 Å². The van der Waals surface area contributed by atoms with Crippen LogP contribution >= 0.6 is 11.6 Å². The predicted octanol–water partition coefficient (Wildman–Crippen LogP) is 2.85. The average Bonchev–Trinajstić information content (AvgIpc) is 3.11. The van der Waals surface area contributed by atoms with Crippen LogP contribution in [0.15, 0.2) is 60.0 Å². The number of nitrogens with one attached hydrogen (secondary N) is 2. The number of nitro benzene ring substituents is 1. The Labute approximate surface area is 165 Å². The van der Waals surface area contributed by atoms with Gasteiger partial charge in [-0.1, -0.05) is 48.0 Å². The number of fused-ring (bicyclic) bond motifs is 1. The van der Waals surface area contributed by atoms with Crippen molar-refractivity contribution < 1.29 is 9.66 Å². The van der Waals surface area contributed by atoms with E-state index in [0.717, 1.165) is 5.56 Å². The first-order valence-electron chi connectivity index (χ1n) is 8.57. The molecule has 2 aromatic rings. The lowest BCUT2D eigenvalue weighted by Crippen LogP contribution is -2.41. The summed E-state index contributed by atoms with van der Waals surface area (Å²) < 4.78 is 5.72. The van der Waals surface area contributed by atoms with Gasteiger partial charge in [0.05, 0.1) is 16.5 Å². The van der Waals surface area contributed by atoms with Gasteiger partial charge in [0.2, 0.25) is 5.88 Å². The Hall–Kier alpha value is -3.12. The number of benzene rings is 2. The third kappa shape index (κ3) is 2.96. The van der Waals surface area contributed by atoms with E-state index >= 15 is 0 Å². The van der Waals surface area contributed by atoms with Crippen molar-refractivity contribution in [2.24, 2.45) is 11.7 Å². The Bertz CT molecular complexity index is 1000. The Morgan fingerprint density at radius 2 is 1.93 bits per heavy atom. The van der Waals surface area contributed by atoms with E-state index in [4.69, 9.17) is 22.1 Å². The molecule has 0 aromatic heterocycles. The lowest BCUT2D eigenvalue weighted by Gasteiger charge is -2.35. The van der Waals surface area contributed by atoms with Crippen molar-refractivity contribution in [3.8, 4) is 6.07 Å². The molecule has 0 saturated carbocycles. The van der Waals surface area contributed by atoms with Crippen LogP contribution in [0.2, 0.25) is 5.02 Å². The quantitative estimate of drug-likeness (QED) is 0.536. The second-order valence-corrected chi connectivity index (χ2v) is 7.04. The molecule has 4 N–H and O–H groups in total. The summed E-state index contributed by atoms with van der Waals surface area (Å²) in [6.07, 6.45) is -0.498. The maximum absolute atomic E-state index is 11.4. The van der Waals surface area contributed by atoms with E-state index < -0.39 is 17.1 Å². The van der Waals surface area contributed by atoms with Crippen molar-refractivity contribution in [2.75, 3.05) is 0 Å². The number of allylic oxidation sites excluding steroid dienone is 1. The van der Waals surface area contributed by atoms with Crippen LogP contribution in [0, 0.1) is 27.4 Å². The molecule has 2 heterocycles. The molecule has 0 bridgehead atoms. The van der Waals surface area contributed by atoms with Gasteiger partial charge in [-0.3, -0.25) is 10.1 Å². The van der Waals surface area contributed by atoms with Crippen molar-refractivity contribution in [3.63, 3.8) is 0 Å². The molecule has 1 fully saturated rings. The highest BCUT2D eigenvalue weighted by atomic mass is 35.5. The fourth-order valence-electron chi connectivity index (χ4n) is 3.90. The maximum atomic E-state index is 11.4. The first kappa shape index (κ1) is 18.3. The summed E-state index contributed by atoms with van der Waals surface area (Å²) in [5, 5.41) is 21.1. The minimum Gasteiger partial charge on any atom is -0.458 e. The van der Waals surface area contributed by atoms with Gasteiger partial charge in [0.25, 0.3) is 5.69 Å². The van der Waals surface area contributed by atoms with Crippen LogP contribution in [0.4, 0.5) is 5.69 Å². The normalized spacial score (nSPS) is 26.3. The zero-order valence-electron chi connectivity index (χ0n) is 14.5. The molecule has 2 aliphatic heterocycles. The molecule has 2 aromatic carbocycles. The standard InChI is InChI=1S/C19H16ClN5O3/c20-13-7-6-11(8-14(13)25(26)27)15-12(9-21)18(22)28-19-16(15)17(23-24-19)10-4-2-1-3-5-10/h1-8,15-17,19,23-24H,22H2. The molecule has 0 spiro atoms. The van der Waals surface area contributed by atoms with E-state index in [2.05, 4.69) is 16.9 Å². The predicted molar refractivity (Wildman–Crippen MR) is 101 cm³/mol. The summed E-state index contributed by atoms with van der Waals surface area (Å²) in [7, 11) is 0. The molecular formula is C19H16ClN5O3. The summed E-state index contributed by atoms with van der Waals surface area (Å²) in [5.74, 6) is -0.757. The number of hydrazine groups is 1. The van der Waals surface area contributed by atoms with E-state index in [-0.39, 0.29) is 34.1 Å². The molecule has 4 unspecified atom stereocenters. The molecule has 28 heavy (non-hydrogen) atoms. The highest BCUT2D eigenvalue weighted by Gasteiger charge is 2.49. The zero-order valence-corrected chi connectivity index (χ0v) is 15.3. The molecule has 2 aliphatic rings. The van der Waals surface area contributed by atoms with Crippen LogP contribution in [0.3, 0.4) is 0 Å². The van der Waals surface area contributed by atoms with E-state index in [0.29, 0.717) is 5.56 Å². The number of nitrogens with two attached hydrogens (primary N) is 1. The molecular weight excluding hydrogens is 382 g/mol. The molecule has 4 rings (SSSR count). The number of hydrogen-bond donors (Lipinski definition) is 3.